The molecule has 2 aliphatic heterocycles. The summed E-state index contributed by atoms with van der Waals surface area (Å²) < 4.78 is 40.3. The van der Waals surface area contributed by atoms with E-state index in [2.05, 4.69) is 0 Å². The maximum Gasteiger partial charge on any atom is 0.253 e. The highest BCUT2D eigenvalue weighted by Gasteiger charge is 2.36. The third-order valence-electron chi connectivity index (χ3n) is 4.86. The van der Waals surface area contributed by atoms with Crippen LogP contribution in [0, 0.1) is 12.7 Å². The molecule has 0 bridgehead atoms. The van der Waals surface area contributed by atoms with E-state index in [0.29, 0.717) is 50.1 Å². The molecule has 1 aromatic rings. The molecule has 2 fully saturated rings. The van der Waals surface area contributed by atoms with Gasteiger partial charge < -0.3 is 4.90 Å². The van der Waals surface area contributed by atoms with Crippen LogP contribution in [0.15, 0.2) is 18.2 Å². The van der Waals surface area contributed by atoms with Crippen LogP contribution in [0.25, 0.3) is 0 Å². The minimum atomic E-state index is -3.25. The highest BCUT2D eigenvalue weighted by molar-refractivity contribution is 7.89. The van der Waals surface area contributed by atoms with Crippen LogP contribution in [0.4, 0.5) is 4.39 Å². The number of nitrogens with zero attached hydrogens (tertiary/aromatic N) is 2. The molecule has 0 N–H and O–H groups in total. The van der Waals surface area contributed by atoms with Crippen molar-refractivity contribution in [2.24, 2.45) is 0 Å². The second-order valence-electron chi connectivity index (χ2n) is 6.66. The third-order valence-corrected chi connectivity index (χ3v) is 7.26. The first-order valence-corrected chi connectivity index (χ1v) is 9.94. The minimum Gasteiger partial charge on any atom is -0.339 e. The molecule has 24 heavy (non-hydrogen) atoms. The van der Waals surface area contributed by atoms with Gasteiger partial charge in [0.25, 0.3) is 5.91 Å². The van der Waals surface area contributed by atoms with Gasteiger partial charge in [-0.25, -0.2) is 17.1 Å². The Kier molecular flexibility index (Phi) is 4.92. The lowest BCUT2D eigenvalue weighted by Gasteiger charge is -2.33. The van der Waals surface area contributed by atoms with Crippen molar-refractivity contribution in [3.63, 3.8) is 0 Å². The van der Waals surface area contributed by atoms with E-state index in [4.69, 9.17) is 0 Å². The molecule has 0 saturated carbocycles. The SMILES string of the molecule is Cc1cc(F)cc(C(=O)N2CCC(S(=O)(=O)N3CCCC3)CC2)c1. The van der Waals surface area contributed by atoms with Gasteiger partial charge in [0.05, 0.1) is 5.25 Å². The van der Waals surface area contributed by atoms with Crippen LogP contribution in [0.5, 0.6) is 0 Å². The Morgan fingerprint density at radius 3 is 2.29 bits per heavy atom. The first-order chi connectivity index (χ1) is 11.4. The number of sulfonamides is 1. The van der Waals surface area contributed by atoms with Crippen molar-refractivity contribution in [2.45, 2.75) is 37.9 Å². The van der Waals surface area contributed by atoms with Gasteiger partial charge in [0.1, 0.15) is 5.82 Å². The number of aryl methyl sites for hydroxylation is 1. The number of hydrogen-bond acceptors (Lipinski definition) is 3. The lowest BCUT2D eigenvalue weighted by atomic mass is 10.1. The minimum absolute atomic E-state index is 0.227. The first kappa shape index (κ1) is 17.4. The summed E-state index contributed by atoms with van der Waals surface area (Å²) in [6, 6.07) is 4.28. The average Bonchev–Trinajstić information content (AvgIpc) is 3.08. The van der Waals surface area contributed by atoms with Crippen LogP contribution < -0.4 is 0 Å². The van der Waals surface area contributed by atoms with Gasteiger partial charge in [-0.3, -0.25) is 4.79 Å². The van der Waals surface area contributed by atoms with Crippen LogP contribution in [-0.2, 0) is 10.0 Å². The monoisotopic (exact) mass is 354 g/mol. The summed E-state index contributed by atoms with van der Waals surface area (Å²) in [5.41, 5.74) is 1.03. The molecule has 0 aliphatic carbocycles. The van der Waals surface area contributed by atoms with Crippen molar-refractivity contribution in [3.05, 3.63) is 35.1 Å². The molecule has 1 aromatic carbocycles. The number of carbonyl (C=O) groups is 1. The Morgan fingerprint density at radius 2 is 1.71 bits per heavy atom. The van der Waals surface area contributed by atoms with Crippen molar-refractivity contribution < 1.29 is 17.6 Å². The Balaban J connectivity index is 1.65. The first-order valence-electron chi connectivity index (χ1n) is 8.43. The standard InChI is InChI=1S/C17H23FN2O3S/c1-13-10-14(12-15(18)11-13)17(21)19-8-4-16(5-9-19)24(22,23)20-6-2-3-7-20/h10-12,16H,2-9H2,1H3. The molecule has 2 saturated heterocycles. The van der Waals surface area contributed by atoms with Gasteiger partial charge >= 0.3 is 0 Å². The maximum atomic E-state index is 13.5. The number of carbonyl (C=O) groups excluding carboxylic acids is 1. The largest absolute Gasteiger partial charge is 0.339 e. The van der Waals surface area contributed by atoms with Gasteiger partial charge in [-0.1, -0.05) is 0 Å². The lowest BCUT2D eigenvalue weighted by Crippen LogP contribution is -2.46. The average molecular weight is 354 g/mol. The molecule has 2 heterocycles. The van der Waals surface area contributed by atoms with Crippen LogP contribution >= 0.6 is 0 Å². The molecule has 2 aliphatic rings. The number of rotatable bonds is 3. The number of amides is 1. The Labute approximate surface area is 142 Å². The molecule has 0 spiro atoms. The molecule has 5 nitrogen and oxygen atoms in total. The molecule has 0 aromatic heterocycles. The molecular weight excluding hydrogens is 331 g/mol. The number of piperidine rings is 1. The summed E-state index contributed by atoms with van der Waals surface area (Å²) >= 11 is 0. The molecule has 0 unspecified atom stereocenters. The van der Waals surface area contributed by atoms with E-state index in [0.717, 1.165) is 12.8 Å². The summed E-state index contributed by atoms with van der Waals surface area (Å²) in [5.74, 6) is -0.653. The van der Waals surface area contributed by atoms with Crippen LogP contribution in [0.2, 0.25) is 0 Å². The fourth-order valence-corrected chi connectivity index (χ4v) is 5.55. The number of likely N-dealkylation sites (tertiary alicyclic amines) is 1. The molecule has 7 heteroatoms. The van der Waals surface area contributed by atoms with Gasteiger partial charge in [0.2, 0.25) is 10.0 Å². The van der Waals surface area contributed by atoms with E-state index in [-0.39, 0.29) is 5.91 Å². The van der Waals surface area contributed by atoms with Crippen molar-refractivity contribution in [1.82, 2.24) is 9.21 Å². The fraction of sp³-hybridized carbons (Fsp3) is 0.588. The predicted octanol–water partition coefficient (Wildman–Crippen LogP) is 2.16. The number of hydrogen-bond donors (Lipinski definition) is 0. The highest BCUT2D eigenvalue weighted by Crippen LogP contribution is 2.25. The quantitative estimate of drug-likeness (QED) is 0.836. The van der Waals surface area contributed by atoms with E-state index >= 15 is 0 Å². The topological polar surface area (TPSA) is 57.7 Å². The van der Waals surface area contributed by atoms with Gasteiger partial charge in [0.15, 0.2) is 0 Å². The summed E-state index contributed by atoms with van der Waals surface area (Å²) in [5, 5.41) is -0.408. The van der Waals surface area contributed by atoms with Crippen molar-refractivity contribution in [3.8, 4) is 0 Å². The smallest absolute Gasteiger partial charge is 0.253 e. The van der Waals surface area contributed by atoms with Gasteiger partial charge in [0, 0.05) is 31.7 Å². The van der Waals surface area contributed by atoms with Crippen molar-refractivity contribution >= 4 is 15.9 Å². The zero-order valence-electron chi connectivity index (χ0n) is 13.9. The summed E-state index contributed by atoms with van der Waals surface area (Å²) in [6.07, 6.45) is 2.74. The number of benzene rings is 1. The fourth-order valence-electron chi connectivity index (χ4n) is 3.55. The molecule has 0 radical (unpaired) electrons. The Bertz CT molecular complexity index is 701. The molecule has 0 atom stereocenters. The summed E-state index contributed by atoms with van der Waals surface area (Å²) in [6.45, 7) is 3.76. The zero-order chi connectivity index (χ0) is 17.3. The van der Waals surface area contributed by atoms with Crippen LogP contribution in [-0.4, -0.2) is 55.0 Å². The third kappa shape index (κ3) is 3.47. The highest BCUT2D eigenvalue weighted by atomic mass is 32.2. The van der Waals surface area contributed by atoms with Crippen molar-refractivity contribution in [1.29, 1.82) is 0 Å². The zero-order valence-corrected chi connectivity index (χ0v) is 14.7. The van der Waals surface area contributed by atoms with E-state index in [1.165, 1.54) is 12.1 Å². The maximum absolute atomic E-state index is 13.5. The second kappa shape index (κ2) is 6.80. The molecule has 132 valence electrons. The van der Waals surface area contributed by atoms with Gasteiger partial charge in [-0.2, -0.15) is 0 Å². The molecule has 1 amide bonds. The Hall–Kier alpha value is -1.47. The normalized spacial score (nSPS) is 20.5. The van der Waals surface area contributed by atoms with E-state index in [9.17, 15) is 17.6 Å². The van der Waals surface area contributed by atoms with Crippen LogP contribution in [0.1, 0.15) is 41.6 Å². The predicted molar refractivity (Wildman–Crippen MR) is 89.8 cm³/mol. The second-order valence-corrected chi connectivity index (χ2v) is 8.87. The summed E-state index contributed by atoms with van der Waals surface area (Å²) in [4.78, 5) is 14.1. The lowest BCUT2D eigenvalue weighted by molar-refractivity contribution is 0.0724. The van der Waals surface area contributed by atoms with Gasteiger partial charge in [-0.15, -0.1) is 0 Å². The molecular formula is C17H23FN2O3S. The Morgan fingerprint density at radius 1 is 1.08 bits per heavy atom. The van der Waals surface area contributed by atoms with E-state index in [1.54, 1.807) is 22.2 Å². The summed E-state index contributed by atoms with van der Waals surface area (Å²) in [7, 11) is -3.25. The van der Waals surface area contributed by atoms with Gasteiger partial charge in [-0.05, 0) is 56.4 Å². The van der Waals surface area contributed by atoms with E-state index < -0.39 is 21.1 Å². The number of halogens is 1. The van der Waals surface area contributed by atoms with Crippen LogP contribution in [0.3, 0.4) is 0 Å². The van der Waals surface area contributed by atoms with Crippen molar-refractivity contribution in [2.75, 3.05) is 26.2 Å². The molecule has 3 rings (SSSR count). The van der Waals surface area contributed by atoms with E-state index in [1.807, 2.05) is 0 Å².